The molecule has 12 heavy (non-hydrogen) atoms. The summed E-state index contributed by atoms with van der Waals surface area (Å²) >= 11 is 0. The van der Waals surface area contributed by atoms with E-state index in [1.807, 2.05) is 0 Å². The highest BCUT2D eigenvalue weighted by molar-refractivity contribution is 6.30. The van der Waals surface area contributed by atoms with Crippen LogP contribution in [0.15, 0.2) is 0 Å². The molecular formula is C4H9BO7. The minimum atomic E-state index is -2.17. The number of carboxylic acid groups (broad SMARTS) is 2. The molecule has 0 aromatic rings. The van der Waals surface area contributed by atoms with Crippen LogP contribution in [0.3, 0.4) is 0 Å². The molecule has 0 aliphatic rings. The van der Waals surface area contributed by atoms with Crippen molar-refractivity contribution in [2.24, 2.45) is 5.92 Å². The summed E-state index contributed by atoms with van der Waals surface area (Å²) in [5, 5.41) is 37.4. The van der Waals surface area contributed by atoms with Crippen molar-refractivity contribution < 1.29 is 34.9 Å². The smallest absolute Gasteiger partial charge is 0.481 e. The van der Waals surface area contributed by atoms with Crippen molar-refractivity contribution in [2.45, 2.75) is 6.92 Å². The molecule has 8 heteroatoms. The van der Waals surface area contributed by atoms with E-state index < -0.39 is 25.2 Å². The van der Waals surface area contributed by atoms with Crippen molar-refractivity contribution in [3.8, 4) is 0 Å². The quantitative estimate of drug-likeness (QED) is 0.239. The van der Waals surface area contributed by atoms with Gasteiger partial charge < -0.3 is 25.3 Å². The molecule has 0 saturated carbocycles. The van der Waals surface area contributed by atoms with E-state index >= 15 is 0 Å². The van der Waals surface area contributed by atoms with Crippen LogP contribution in [-0.2, 0) is 9.59 Å². The highest BCUT2D eigenvalue weighted by atomic mass is 16.5. The van der Waals surface area contributed by atoms with Crippen LogP contribution < -0.4 is 0 Å². The zero-order chi connectivity index (χ0) is 10.3. The lowest BCUT2D eigenvalue weighted by Crippen LogP contribution is -2.19. The standard InChI is InChI=1S/C4H6O4.BH3O3/c1-2(3(5)6)4(7)8;2-1(3)4/h2H,1H3,(H,5,6)(H,7,8);2-4H. The highest BCUT2D eigenvalue weighted by Crippen LogP contribution is 1.91. The van der Waals surface area contributed by atoms with Gasteiger partial charge >= 0.3 is 19.3 Å². The van der Waals surface area contributed by atoms with E-state index in [4.69, 9.17) is 25.3 Å². The van der Waals surface area contributed by atoms with E-state index in [0.717, 1.165) is 6.92 Å². The Morgan fingerprint density at radius 2 is 1.25 bits per heavy atom. The Kier molecular flexibility index (Phi) is 7.39. The topological polar surface area (TPSA) is 135 Å². The fraction of sp³-hybridized carbons (Fsp3) is 0.500. The number of hydrogen-bond acceptors (Lipinski definition) is 5. The van der Waals surface area contributed by atoms with E-state index in [-0.39, 0.29) is 0 Å². The summed E-state index contributed by atoms with van der Waals surface area (Å²) in [7, 11) is -2.17. The SMILES string of the molecule is CC(C(=O)O)C(=O)O.OB(O)O. The summed E-state index contributed by atoms with van der Waals surface area (Å²) in [6, 6.07) is 0. The number of hydrogen-bond donors (Lipinski definition) is 5. The van der Waals surface area contributed by atoms with Gasteiger partial charge in [0.2, 0.25) is 0 Å². The maximum absolute atomic E-state index is 9.76. The van der Waals surface area contributed by atoms with Crippen molar-refractivity contribution in [3.05, 3.63) is 0 Å². The van der Waals surface area contributed by atoms with Crippen molar-refractivity contribution in [1.29, 1.82) is 0 Å². The summed E-state index contributed by atoms with van der Waals surface area (Å²) in [5.74, 6) is -3.91. The third-order valence-corrected chi connectivity index (χ3v) is 0.741. The Balaban J connectivity index is 0. The van der Waals surface area contributed by atoms with Gasteiger partial charge in [0.1, 0.15) is 0 Å². The number of aliphatic carboxylic acids is 2. The second-order valence-electron chi connectivity index (χ2n) is 1.74. The molecule has 0 heterocycles. The Hall–Kier alpha value is -1.12. The van der Waals surface area contributed by atoms with Crippen molar-refractivity contribution in [2.75, 3.05) is 0 Å². The Morgan fingerprint density at radius 3 is 1.25 bits per heavy atom. The van der Waals surface area contributed by atoms with Gasteiger partial charge in [-0.3, -0.25) is 9.59 Å². The second-order valence-corrected chi connectivity index (χ2v) is 1.74. The number of carbonyl (C=O) groups is 2. The molecule has 0 atom stereocenters. The molecule has 0 saturated heterocycles. The molecule has 0 aromatic heterocycles. The largest absolute Gasteiger partial charge is 0.631 e. The summed E-state index contributed by atoms with van der Waals surface area (Å²) < 4.78 is 0. The van der Waals surface area contributed by atoms with E-state index in [0.29, 0.717) is 0 Å². The summed E-state index contributed by atoms with van der Waals surface area (Å²) in [5.41, 5.74) is 0. The molecule has 0 spiro atoms. The molecule has 0 aliphatic heterocycles. The van der Waals surface area contributed by atoms with Gasteiger partial charge in [-0.25, -0.2) is 0 Å². The maximum atomic E-state index is 9.76. The van der Waals surface area contributed by atoms with Crippen LogP contribution in [0, 0.1) is 5.92 Å². The highest BCUT2D eigenvalue weighted by Gasteiger charge is 2.18. The second kappa shape index (κ2) is 6.59. The third-order valence-electron chi connectivity index (χ3n) is 0.741. The van der Waals surface area contributed by atoms with Gasteiger partial charge in [-0.2, -0.15) is 0 Å². The van der Waals surface area contributed by atoms with E-state index in [2.05, 4.69) is 0 Å². The molecule has 0 amide bonds. The van der Waals surface area contributed by atoms with Crippen LogP contribution in [0.2, 0.25) is 0 Å². The van der Waals surface area contributed by atoms with Gasteiger partial charge in [-0.15, -0.1) is 0 Å². The average molecular weight is 180 g/mol. The lowest BCUT2D eigenvalue weighted by Gasteiger charge is -1.94. The first-order valence-corrected chi connectivity index (χ1v) is 2.78. The third kappa shape index (κ3) is 11.7. The fourth-order valence-corrected chi connectivity index (χ4v) is 0.106. The molecule has 5 N–H and O–H groups in total. The van der Waals surface area contributed by atoms with Crippen LogP contribution in [0.5, 0.6) is 0 Å². The summed E-state index contributed by atoms with van der Waals surface area (Å²) in [4.78, 5) is 19.5. The van der Waals surface area contributed by atoms with Crippen LogP contribution >= 0.6 is 0 Å². The Bertz CT molecular complexity index is 139. The van der Waals surface area contributed by atoms with E-state index in [1.54, 1.807) is 0 Å². The summed E-state index contributed by atoms with van der Waals surface area (Å²) in [6.07, 6.45) is 0. The monoisotopic (exact) mass is 180 g/mol. The Labute approximate surface area is 68.1 Å². The average Bonchev–Trinajstić information content (AvgIpc) is 1.84. The molecule has 0 bridgehead atoms. The predicted octanol–water partition coefficient (Wildman–Crippen LogP) is -2.26. The first-order valence-electron chi connectivity index (χ1n) is 2.78. The number of rotatable bonds is 2. The van der Waals surface area contributed by atoms with Gasteiger partial charge in [0, 0.05) is 0 Å². The summed E-state index contributed by atoms with van der Waals surface area (Å²) in [6.45, 7) is 1.12. The van der Waals surface area contributed by atoms with Crippen LogP contribution in [0.4, 0.5) is 0 Å². The van der Waals surface area contributed by atoms with Gasteiger partial charge in [0.25, 0.3) is 0 Å². The lowest BCUT2D eigenvalue weighted by molar-refractivity contribution is -0.153. The van der Waals surface area contributed by atoms with Gasteiger partial charge in [-0.05, 0) is 6.92 Å². The van der Waals surface area contributed by atoms with E-state index in [1.165, 1.54) is 0 Å². The first kappa shape index (κ1) is 13.5. The zero-order valence-corrected chi connectivity index (χ0v) is 6.21. The molecule has 7 nitrogen and oxygen atoms in total. The molecule has 0 radical (unpaired) electrons. The molecule has 0 aromatic carbocycles. The molecular weight excluding hydrogens is 171 g/mol. The minimum absolute atomic E-state index is 1.12. The van der Waals surface area contributed by atoms with Crippen molar-refractivity contribution in [1.82, 2.24) is 0 Å². The molecule has 70 valence electrons. The fourth-order valence-electron chi connectivity index (χ4n) is 0.106. The minimum Gasteiger partial charge on any atom is -0.481 e. The molecule has 0 rings (SSSR count). The lowest BCUT2D eigenvalue weighted by atomic mass is 10.2. The van der Waals surface area contributed by atoms with Gasteiger partial charge in [-0.1, -0.05) is 0 Å². The molecule has 0 fully saturated rings. The van der Waals surface area contributed by atoms with Crippen molar-refractivity contribution in [3.63, 3.8) is 0 Å². The Morgan fingerprint density at radius 1 is 1.08 bits per heavy atom. The van der Waals surface area contributed by atoms with Crippen molar-refractivity contribution >= 4 is 19.3 Å². The van der Waals surface area contributed by atoms with E-state index in [9.17, 15) is 9.59 Å². The van der Waals surface area contributed by atoms with Gasteiger partial charge in [0.05, 0.1) is 0 Å². The maximum Gasteiger partial charge on any atom is 0.631 e. The normalized spacial score (nSPS) is 8.42. The van der Waals surface area contributed by atoms with Gasteiger partial charge in [0.15, 0.2) is 5.92 Å². The van der Waals surface area contributed by atoms with Crippen LogP contribution in [0.25, 0.3) is 0 Å². The zero-order valence-electron chi connectivity index (χ0n) is 6.21. The first-order chi connectivity index (χ1) is 5.29. The van der Waals surface area contributed by atoms with Crippen LogP contribution in [-0.4, -0.2) is 44.5 Å². The number of carboxylic acids is 2. The van der Waals surface area contributed by atoms with Crippen LogP contribution in [0.1, 0.15) is 6.92 Å². The predicted molar refractivity (Wildman–Crippen MR) is 36.8 cm³/mol. The molecule has 0 unspecified atom stereocenters. The molecule has 0 aliphatic carbocycles.